The van der Waals surface area contributed by atoms with Crippen LogP contribution in [0.1, 0.15) is 35.6 Å². The molecule has 1 aliphatic carbocycles. The SMILES string of the molecule is COc1ccc(OC)c2c1C[C@H]2C(=O)N[C@@H](C)c1ccccc1. The van der Waals surface area contributed by atoms with Crippen molar-refractivity contribution in [2.75, 3.05) is 14.2 Å². The zero-order valence-electron chi connectivity index (χ0n) is 13.6. The van der Waals surface area contributed by atoms with E-state index in [-0.39, 0.29) is 17.9 Å². The van der Waals surface area contributed by atoms with Gasteiger partial charge in [-0.15, -0.1) is 0 Å². The second-order valence-corrected chi connectivity index (χ2v) is 5.76. The summed E-state index contributed by atoms with van der Waals surface area (Å²) in [5, 5.41) is 3.09. The first-order valence-electron chi connectivity index (χ1n) is 7.74. The van der Waals surface area contributed by atoms with Gasteiger partial charge in [0.2, 0.25) is 5.91 Å². The maximum Gasteiger partial charge on any atom is 0.228 e. The fourth-order valence-electron chi connectivity index (χ4n) is 3.12. The molecular weight excluding hydrogens is 290 g/mol. The van der Waals surface area contributed by atoms with Gasteiger partial charge in [-0.3, -0.25) is 4.79 Å². The summed E-state index contributed by atoms with van der Waals surface area (Å²) < 4.78 is 10.8. The Labute approximate surface area is 136 Å². The molecule has 1 aliphatic rings. The molecule has 0 saturated carbocycles. The Balaban J connectivity index is 1.78. The fourth-order valence-corrected chi connectivity index (χ4v) is 3.12. The first kappa shape index (κ1) is 15.4. The van der Waals surface area contributed by atoms with E-state index in [0.29, 0.717) is 6.42 Å². The molecule has 0 aromatic heterocycles. The normalized spacial score (nSPS) is 16.7. The number of ether oxygens (including phenoxy) is 2. The van der Waals surface area contributed by atoms with E-state index in [9.17, 15) is 4.79 Å². The van der Waals surface area contributed by atoms with Crippen molar-refractivity contribution in [3.8, 4) is 11.5 Å². The fraction of sp³-hybridized carbons (Fsp3) is 0.316. The molecule has 4 nitrogen and oxygen atoms in total. The molecule has 0 spiro atoms. The topological polar surface area (TPSA) is 47.6 Å². The van der Waals surface area contributed by atoms with Crippen molar-refractivity contribution in [3.05, 3.63) is 59.2 Å². The number of carbonyl (C=O) groups excluding carboxylic acids is 1. The van der Waals surface area contributed by atoms with Crippen LogP contribution < -0.4 is 14.8 Å². The monoisotopic (exact) mass is 311 g/mol. The molecule has 2 atom stereocenters. The molecule has 0 saturated heterocycles. The Morgan fingerprint density at radius 2 is 1.74 bits per heavy atom. The first-order chi connectivity index (χ1) is 11.2. The lowest BCUT2D eigenvalue weighted by Gasteiger charge is -2.33. The van der Waals surface area contributed by atoms with Crippen molar-refractivity contribution in [1.29, 1.82) is 0 Å². The van der Waals surface area contributed by atoms with Crippen LogP contribution in [0, 0.1) is 0 Å². The summed E-state index contributed by atoms with van der Waals surface area (Å²) in [6.45, 7) is 2.00. The van der Waals surface area contributed by atoms with Gasteiger partial charge < -0.3 is 14.8 Å². The van der Waals surface area contributed by atoms with E-state index in [4.69, 9.17) is 9.47 Å². The molecule has 2 aromatic carbocycles. The van der Waals surface area contributed by atoms with Gasteiger partial charge in [-0.25, -0.2) is 0 Å². The molecular formula is C19H21NO3. The van der Waals surface area contributed by atoms with Crippen molar-refractivity contribution in [1.82, 2.24) is 5.32 Å². The van der Waals surface area contributed by atoms with E-state index in [1.807, 2.05) is 49.4 Å². The summed E-state index contributed by atoms with van der Waals surface area (Å²) >= 11 is 0. The van der Waals surface area contributed by atoms with Crippen LogP contribution >= 0.6 is 0 Å². The van der Waals surface area contributed by atoms with E-state index < -0.39 is 0 Å². The van der Waals surface area contributed by atoms with Gasteiger partial charge in [0.1, 0.15) is 11.5 Å². The van der Waals surface area contributed by atoms with Gasteiger partial charge >= 0.3 is 0 Å². The minimum atomic E-state index is -0.179. The van der Waals surface area contributed by atoms with Crippen LogP contribution in [0.2, 0.25) is 0 Å². The quantitative estimate of drug-likeness (QED) is 0.922. The predicted molar refractivity (Wildman–Crippen MR) is 89.0 cm³/mol. The molecule has 3 rings (SSSR count). The van der Waals surface area contributed by atoms with E-state index in [0.717, 1.165) is 28.2 Å². The van der Waals surface area contributed by atoms with Gasteiger partial charge in [-0.05, 0) is 31.0 Å². The number of carbonyl (C=O) groups is 1. The van der Waals surface area contributed by atoms with Gasteiger partial charge in [-0.2, -0.15) is 0 Å². The number of hydrogen-bond acceptors (Lipinski definition) is 3. The summed E-state index contributed by atoms with van der Waals surface area (Å²) in [6, 6.07) is 13.7. The van der Waals surface area contributed by atoms with Crippen molar-refractivity contribution in [3.63, 3.8) is 0 Å². The Kier molecular flexibility index (Phi) is 4.24. The molecule has 4 heteroatoms. The van der Waals surface area contributed by atoms with Crippen LogP contribution in [-0.4, -0.2) is 20.1 Å². The Bertz CT molecular complexity index is 712. The maximum absolute atomic E-state index is 12.6. The highest BCUT2D eigenvalue weighted by atomic mass is 16.5. The number of benzene rings is 2. The molecule has 0 aliphatic heterocycles. The third kappa shape index (κ3) is 2.77. The summed E-state index contributed by atoms with van der Waals surface area (Å²) in [6.07, 6.45) is 0.684. The molecule has 1 amide bonds. The van der Waals surface area contributed by atoms with Gasteiger partial charge in [0.05, 0.1) is 26.2 Å². The summed E-state index contributed by atoms with van der Waals surface area (Å²) in [7, 11) is 3.27. The predicted octanol–water partition coefficient (Wildman–Crippen LogP) is 3.22. The zero-order valence-corrected chi connectivity index (χ0v) is 13.6. The molecule has 120 valence electrons. The average Bonchev–Trinajstić information content (AvgIpc) is 2.55. The smallest absolute Gasteiger partial charge is 0.228 e. The number of nitrogens with one attached hydrogen (secondary N) is 1. The molecule has 2 aromatic rings. The Hall–Kier alpha value is -2.49. The van der Waals surface area contributed by atoms with Crippen molar-refractivity contribution in [2.24, 2.45) is 0 Å². The highest BCUT2D eigenvalue weighted by Crippen LogP contribution is 2.46. The van der Waals surface area contributed by atoms with E-state index in [2.05, 4.69) is 5.32 Å². The van der Waals surface area contributed by atoms with E-state index >= 15 is 0 Å². The molecule has 0 radical (unpaired) electrons. The highest BCUT2D eigenvalue weighted by Gasteiger charge is 2.38. The van der Waals surface area contributed by atoms with E-state index in [1.165, 1.54) is 0 Å². The third-order valence-electron chi connectivity index (χ3n) is 4.45. The van der Waals surface area contributed by atoms with Crippen LogP contribution in [0.5, 0.6) is 11.5 Å². The maximum atomic E-state index is 12.6. The number of amides is 1. The Morgan fingerprint density at radius 1 is 1.09 bits per heavy atom. The first-order valence-corrected chi connectivity index (χ1v) is 7.74. The number of rotatable bonds is 5. The van der Waals surface area contributed by atoms with Crippen LogP contribution in [0.4, 0.5) is 0 Å². The lowest BCUT2D eigenvalue weighted by atomic mass is 9.75. The van der Waals surface area contributed by atoms with Crippen molar-refractivity contribution >= 4 is 5.91 Å². The van der Waals surface area contributed by atoms with E-state index in [1.54, 1.807) is 14.2 Å². The number of methoxy groups -OCH3 is 2. The second kappa shape index (κ2) is 6.32. The molecule has 0 fully saturated rings. The second-order valence-electron chi connectivity index (χ2n) is 5.76. The third-order valence-corrected chi connectivity index (χ3v) is 4.45. The molecule has 1 N–H and O–H groups in total. The zero-order chi connectivity index (χ0) is 16.4. The van der Waals surface area contributed by atoms with Gasteiger partial charge in [0.25, 0.3) is 0 Å². The molecule has 23 heavy (non-hydrogen) atoms. The highest BCUT2D eigenvalue weighted by molar-refractivity contribution is 5.89. The largest absolute Gasteiger partial charge is 0.496 e. The van der Waals surface area contributed by atoms with Crippen LogP contribution in [0.3, 0.4) is 0 Å². The molecule has 0 bridgehead atoms. The molecule has 0 unspecified atom stereocenters. The Morgan fingerprint density at radius 3 is 2.39 bits per heavy atom. The summed E-state index contributed by atoms with van der Waals surface area (Å²) in [5.41, 5.74) is 3.11. The van der Waals surface area contributed by atoms with Crippen molar-refractivity contribution < 1.29 is 14.3 Å². The minimum absolute atomic E-state index is 0.0237. The van der Waals surface area contributed by atoms with Crippen LogP contribution in [-0.2, 0) is 11.2 Å². The molecule has 0 heterocycles. The number of hydrogen-bond donors (Lipinski definition) is 1. The van der Waals surface area contributed by atoms with Gasteiger partial charge in [0.15, 0.2) is 0 Å². The van der Waals surface area contributed by atoms with Crippen LogP contribution in [0.25, 0.3) is 0 Å². The lowest BCUT2D eigenvalue weighted by molar-refractivity contribution is -0.123. The number of fused-ring (bicyclic) bond motifs is 1. The van der Waals surface area contributed by atoms with Gasteiger partial charge in [0, 0.05) is 11.1 Å². The summed E-state index contributed by atoms with van der Waals surface area (Å²) in [4.78, 5) is 12.6. The lowest BCUT2D eigenvalue weighted by Crippen LogP contribution is -2.37. The minimum Gasteiger partial charge on any atom is -0.496 e. The van der Waals surface area contributed by atoms with Crippen molar-refractivity contribution in [2.45, 2.75) is 25.3 Å². The average molecular weight is 311 g/mol. The summed E-state index contributed by atoms with van der Waals surface area (Å²) in [5.74, 6) is 1.42. The standard InChI is InChI=1S/C19H21NO3/c1-12(13-7-5-4-6-8-13)20-19(21)15-11-14-16(22-2)9-10-17(23-3)18(14)15/h4-10,12,15H,11H2,1-3H3,(H,20,21)/t12-,15+/m0/s1. The van der Waals surface area contributed by atoms with Gasteiger partial charge in [-0.1, -0.05) is 30.3 Å². The van der Waals surface area contributed by atoms with Crippen LogP contribution in [0.15, 0.2) is 42.5 Å².